The summed E-state index contributed by atoms with van der Waals surface area (Å²) < 4.78 is 10.8. The second-order valence-electron chi connectivity index (χ2n) is 9.10. The van der Waals surface area contributed by atoms with E-state index in [0.717, 1.165) is 62.4 Å². The van der Waals surface area contributed by atoms with E-state index in [-0.39, 0.29) is 0 Å². The fourth-order valence-corrected chi connectivity index (χ4v) is 5.30. The van der Waals surface area contributed by atoms with Crippen LogP contribution in [0.25, 0.3) is 11.6 Å². The van der Waals surface area contributed by atoms with Gasteiger partial charge in [-0.05, 0) is 65.6 Å². The molecule has 0 radical (unpaired) electrons. The topological polar surface area (TPSA) is 21.7 Å². The zero-order chi connectivity index (χ0) is 23.3. The molecule has 1 heterocycles. The van der Waals surface area contributed by atoms with E-state index < -0.39 is 0 Å². The number of hydrogen-bond donors (Lipinski definition) is 0. The van der Waals surface area contributed by atoms with E-state index in [9.17, 15) is 0 Å². The zero-order valence-electron chi connectivity index (χ0n) is 20.2. The molecule has 174 valence electrons. The summed E-state index contributed by atoms with van der Waals surface area (Å²) in [4.78, 5) is 2.55. The highest BCUT2D eigenvalue weighted by Gasteiger charge is 2.23. The molecule has 2 aliphatic rings. The predicted octanol–water partition coefficient (Wildman–Crippen LogP) is 6.41. The summed E-state index contributed by atoms with van der Waals surface area (Å²) in [6, 6.07) is 24.0. The molecule has 0 N–H and O–H groups in total. The van der Waals surface area contributed by atoms with Crippen molar-refractivity contribution >= 4 is 11.6 Å². The number of piperidine rings is 1. The Morgan fingerprint density at radius 1 is 0.765 bits per heavy atom. The summed E-state index contributed by atoms with van der Waals surface area (Å²) in [5.41, 5.74) is 10.1. The number of likely N-dealkylation sites (tertiary alicyclic amines) is 1. The van der Waals surface area contributed by atoms with Crippen molar-refractivity contribution in [2.45, 2.75) is 25.7 Å². The SMILES string of the molecule is COc1ccc(C=CCN2CCC(=C3c4ccccc4CCc4ccccc43)CC2)c(OC)c1. The number of hydrogen-bond acceptors (Lipinski definition) is 3. The minimum atomic E-state index is 0.812. The molecule has 0 atom stereocenters. The Kier molecular flexibility index (Phi) is 6.82. The van der Waals surface area contributed by atoms with E-state index in [0.29, 0.717) is 0 Å². The number of nitrogens with zero attached hydrogens (tertiary/aromatic N) is 1. The predicted molar refractivity (Wildman–Crippen MR) is 141 cm³/mol. The average Bonchev–Trinajstić information content (AvgIpc) is 3.06. The second kappa shape index (κ2) is 10.3. The third-order valence-corrected chi connectivity index (χ3v) is 7.15. The minimum absolute atomic E-state index is 0.812. The molecule has 1 aliphatic heterocycles. The largest absolute Gasteiger partial charge is 0.497 e. The van der Waals surface area contributed by atoms with Gasteiger partial charge in [0.05, 0.1) is 14.2 Å². The van der Waals surface area contributed by atoms with Crippen LogP contribution in [0.5, 0.6) is 11.5 Å². The van der Waals surface area contributed by atoms with Gasteiger partial charge in [-0.25, -0.2) is 0 Å². The smallest absolute Gasteiger partial charge is 0.129 e. The third-order valence-electron chi connectivity index (χ3n) is 7.15. The van der Waals surface area contributed by atoms with Crippen LogP contribution in [0.3, 0.4) is 0 Å². The van der Waals surface area contributed by atoms with Crippen molar-refractivity contribution in [3.8, 4) is 11.5 Å². The van der Waals surface area contributed by atoms with Crippen LogP contribution in [0.4, 0.5) is 0 Å². The summed E-state index contributed by atoms with van der Waals surface area (Å²) in [5, 5.41) is 0. The van der Waals surface area contributed by atoms with Crippen molar-refractivity contribution in [2.24, 2.45) is 0 Å². The molecule has 0 saturated carbocycles. The van der Waals surface area contributed by atoms with E-state index in [2.05, 4.69) is 65.6 Å². The Morgan fingerprint density at radius 3 is 2.03 bits per heavy atom. The maximum absolute atomic E-state index is 5.53. The average molecular weight is 452 g/mol. The molecular weight excluding hydrogens is 418 g/mol. The number of benzene rings is 3. The second-order valence-corrected chi connectivity index (χ2v) is 9.10. The number of fused-ring (bicyclic) bond motifs is 2. The molecule has 3 aromatic carbocycles. The van der Waals surface area contributed by atoms with Gasteiger partial charge in [0.1, 0.15) is 11.5 Å². The van der Waals surface area contributed by atoms with Crippen LogP contribution in [0.1, 0.15) is 40.7 Å². The summed E-state index contributed by atoms with van der Waals surface area (Å²) in [5.74, 6) is 1.65. The molecule has 0 amide bonds. The van der Waals surface area contributed by atoms with Crippen LogP contribution in [0, 0.1) is 0 Å². The van der Waals surface area contributed by atoms with Crippen LogP contribution in [0.15, 0.2) is 78.4 Å². The monoisotopic (exact) mass is 451 g/mol. The van der Waals surface area contributed by atoms with Crippen LogP contribution in [-0.4, -0.2) is 38.8 Å². The lowest BCUT2D eigenvalue weighted by Crippen LogP contribution is -2.31. The van der Waals surface area contributed by atoms with Crippen molar-refractivity contribution in [2.75, 3.05) is 33.9 Å². The van der Waals surface area contributed by atoms with Crippen molar-refractivity contribution < 1.29 is 9.47 Å². The van der Waals surface area contributed by atoms with Crippen LogP contribution in [0.2, 0.25) is 0 Å². The van der Waals surface area contributed by atoms with Gasteiger partial charge in [0.2, 0.25) is 0 Å². The fraction of sp³-hybridized carbons (Fsp3) is 0.290. The Balaban J connectivity index is 1.33. The van der Waals surface area contributed by atoms with Gasteiger partial charge in [-0.3, -0.25) is 4.90 Å². The highest BCUT2D eigenvalue weighted by atomic mass is 16.5. The highest BCUT2D eigenvalue weighted by molar-refractivity contribution is 5.86. The highest BCUT2D eigenvalue weighted by Crippen LogP contribution is 2.38. The van der Waals surface area contributed by atoms with E-state index in [4.69, 9.17) is 9.47 Å². The maximum atomic E-state index is 5.53. The van der Waals surface area contributed by atoms with Crippen molar-refractivity contribution in [1.29, 1.82) is 0 Å². The number of aryl methyl sites for hydroxylation is 2. The first-order valence-corrected chi connectivity index (χ1v) is 12.3. The molecule has 3 nitrogen and oxygen atoms in total. The zero-order valence-corrected chi connectivity index (χ0v) is 20.2. The number of ether oxygens (including phenoxy) is 2. The minimum Gasteiger partial charge on any atom is -0.497 e. The molecule has 3 heteroatoms. The van der Waals surface area contributed by atoms with E-state index >= 15 is 0 Å². The number of methoxy groups -OCH3 is 2. The molecule has 34 heavy (non-hydrogen) atoms. The summed E-state index contributed by atoms with van der Waals surface area (Å²) >= 11 is 0. The normalized spacial score (nSPS) is 16.2. The van der Waals surface area contributed by atoms with Crippen molar-refractivity contribution in [3.05, 3.63) is 106 Å². The standard InChI is InChI=1S/C31H33NO2/c1-33-27-16-15-25(30(22-27)34-2)10-7-19-32-20-17-26(18-21-32)31-28-11-5-3-8-23(28)13-14-24-9-4-6-12-29(24)31/h3-12,15-16,22H,13-14,17-21H2,1-2H3. The van der Waals surface area contributed by atoms with Gasteiger partial charge >= 0.3 is 0 Å². The van der Waals surface area contributed by atoms with Crippen LogP contribution < -0.4 is 9.47 Å². The molecule has 1 fully saturated rings. The van der Waals surface area contributed by atoms with Gasteiger partial charge in [-0.15, -0.1) is 0 Å². The fourth-order valence-electron chi connectivity index (χ4n) is 5.30. The lowest BCUT2D eigenvalue weighted by molar-refractivity contribution is 0.284. The summed E-state index contributed by atoms with van der Waals surface area (Å²) in [6.45, 7) is 3.13. The van der Waals surface area contributed by atoms with Gasteiger partial charge < -0.3 is 9.47 Å². The first-order chi connectivity index (χ1) is 16.8. The first-order valence-electron chi connectivity index (χ1n) is 12.3. The van der Waals surface area contributed by atoms with Gasteiger partial charge in [0, 0.05) is 31.3 Å². The molecule has 0 spiro atoms. The van der Waals surface area contributed by atoms with Gasteiger partial charge in [0.25, 0.3) is 0 Å². The van der Waals surface area contributed by atoms with Gasteiger partial charge in [-0.1, -0.05) is 66.3 Å². The lowest BCUT2D eigenvalue weighted by Gasteiger charge is -2.29. The van der Waals surface area contributed by atoms with E-state index in [1.165, 1.54) is 27.8 Å². The molecule has 3 aromatic rings. The summed E-state index contributed by atoms with van der Waals surface area (Å²) in [7, 11) is 3.38. The molecule has 1 saturated heterocycles. The quantitative estimate of drug-likeness (QED) is 0.447. The third kappa shape index (κ3) is 4.67. The molecule has 0 aromatic heterocycles. The van der Waals surface area contributed by atoms with E-state index in [1.54, 1.807) is 19.8 Å². The van der Waals surface area contributed by atoms with Crippen molar-refractivity contribution in [1.82, 2.24) is 4.90 Å². The number of rotatable bonds is 5. The Bertz CT molecular complexity index is 1160. The Hall–Kier alpha value is -3.30. The van der Waals surface area contributed by atoms with Gasteiger partial charge in [0.15, 0.2) is 0 Å². The van der Waals surface area contributed by atoms with Crippen molar-refractivity contribution in [3.63, 3.8) is 0 Å². The molecule has 5 rings (SSSR count). The Labute approximate surface area is 203 Å². The molecule has 0 bridgehead atoms. The summed E-state index contributed by atoms with van der Waals surface area (Å²) in [6.07, 6.45) is 8.89. The maximum Gasteiger partial charge on any atom is 0.129 e. The Morgan fingerprint density at radius 2 is 1.41 bits per heavy atom. The van der Waals surface area contributed by atoms with E-state index in [1.807, 2.05) is 18.2 Å². The molecule has 1 aliphatic carbocycles. The molecular formula is C31H33NO2. The first kappa shape index (κ1) is 22.5. The van der Waals surface area contributed by atoms with Gasteiger partial charge in [-0.2, -0.15) is 0 Å². The van der Waals surface area contributed by atoms with Crippen LogP contribution in [-0.2, 0) is 12.8 Å². The van der Waals surface area contributed by atoms with Crippen LogP contribution >= 0.6 is 0 Å². The lowest BCUT2D eigenvalue weighted by atomic mass is 9.86. The molecule has 0 unspecified atom stereocenters.